The molecule has 2 N–H and O–H groups in total. The Bertz CT molecular complexity index is 545. The number of hydrogen-bond donors (Lipinski definition) is 2. The van der Waals surface area contributed by atoms with Crippen molar-refractivity contribution in [1.29, 1.82) is 0 Å². The highest BCUT2D eigenvalue weighted by Crippen LogP contribution is 2.32. The van der Waals surface area contributed by atoms with E-state index in [9.17, 15) is 4.79 Å². The van der Waals surface area contributed by atoms with Gasteiger partial charge >= 0.3 is 0 Å². The second-order valence-electron chi connectivity index (χ2n) is 5.88. The molecule has 0 saturated carbocycles. The van der Waals surface area contributed by atoms with E-state index in [0.717, 1.165) is 31.0 Å². The Morgan fingerprint density at radius 2 is 1.78 bits per heavy atom. The topological polar surface area (TPSA) is 52.0 Å². The molecule has 5 heteroatoms. The molecule has 0 spiro atoms. The number of likely N-dealkylation sites (N-methyl/N-ethyl adjacent to an activating group) is 1. The summed E-state index contributed by atoms with van der Waals surface area (Å²) in [6, 6.07) is 4.16. The number of rotatable bonds is 7. The summed E-state index contributed by atoms with van der Waals surface area (Å²) in [4.78, 5) is 13.4. The molecule has 0 aromatic heterocycles. The summed E-state index contributed by atoms with van der Waals surface area (Å²) in [6.45, 7) is 11.6. The van der Waals surface area contributed by atoms with Crippen molar-refractivity contribution >= 4 is 5.91 Å². The van der Waals surface area contributed by atoms with E-state index in [2.05, 4.69) is 17.4 Å². The third-order valence-corrected chi connectivity index (χ3v) is 4.36. The van der Waals surface area contributed by atoms with Gasteiger partial charge in [0.05, 0.1) is 19.8 Å². The summed E-state index contributed by atoms with van der Waals surface area (Å²) in [5.74, 6) is 1.76. The molecule has 1 aliphatic heterocycles. The second kappa shape index (κ2) is 8.20. The molecule has 0 bridgehead atoms. The number of ether oxygens (including phenoxy) is 2. The maximum atomic E-state index is 12.1. The molecule has 128 valence electrons. The van der Waals surface area contributed by atoms with E-state index in [-0.39, 0.29) is 11.9 Å². The van der Waals surface area contributed by atoms with Crippen LogP contribution < -0.4 is 19.7 Å². The third kappa shape index (κ3) is 4.16. The van der Waals surface area contributed by atoms with E-state index < -0.39 is 0 Å². The van der Waals surface area contributed by atoms with Gasteiger partial charge < -0.3 is 19.7 Å². The molecule has 0 saturated heterocycles. The Morgan fingerprint density at radius 1 is 1.17 bits per heavy atom. The maximum absolute atomic E-state index is 12.1. The fourth-order valence-corrected chi connectivity index (χ4v) is 3.09. The minimum absolute atomic E-state index is 0.0368. The van der Waals surface area contributed by atoms with E-state index in [0.29, 0.717) is 19.8 Å². The molecule has 1 unspecified atom stereocenters. The number of quaternary nitrogens is 1. The zero-order valence-corrected chi connectivity index (χ0v) is 14.7. The molecule has 1 heterocycles. The minimum atomic E-state index is -0.0368. The van der Waals surface area contributed by atoms with Crippen LogP contribution in [0.2, 0.25) is 0 Å². The number of hydrogen-bond acceptors (Lipinski definition) is 3. The average molecular weight is 321 g/mol. The van der Waals surface area contributed by atoms with Crippen molar-refractivity contribution in [3.63, 3.8) is 0 Å². The molecule has 0 aliphatic carbocycles. The highest BCUT2D eigenvalue weighted by molar-refractivity contribution is 5.79. The summed E-state index contributed by atoms with van der Waals surface area (Å²) in [5, 5.41) is 2.92. The first-order valence-electron chi connectivity index (χ1n) is 8.64. The standard InChI is InChI=1S/C18H28N2O3/c1-5-19-18(21)13(4)20-9-8-14-10-16(22-6-2)17(23-7-3)11-15(14)12-20/h10-11,13H,5-9,12H2,1-4H3,(H,19,21)/p+1/t13-/m1/s1. The summed E-state index contributed by atoms with van der Waals surface area (Å²) >= 11 is 0. The van der Waals surface area contributed by atoms with Crippen molar-refractivity contribution in [1.82, 2.24) is 5.32 Å². The number of fused-ring (bicyclic) bond motifs is 1. The van der Waals surface area contributed by atoms with Crippen molar-refractivity contribution in [3.8, 4) is 11.5 Å². The molecule has 1 amide bonds. The highest BCUT2D eigenvalue weighted by atomic mass is 16.5. The Labute approximate surface area is 139 Å². The van der Waals surface area contributed by atoms with Crippen molar-refractivity contribution in [2.75, 3.05) is 26.3 Å². The predicted molar refractivity (Wildman–Crippen MR) is 90.2 cm³/mol. The number of benzene rings is 1. The zero-order valence-electron chi connectivity index (χ0n) is 14.7. The van der Waals surface area contributed by atoms with Crippen LogP contribution in [0.1, 0.15) is 38.8 Å². The van der Waals surface area contributed by atoms with Gasteiger partial charge in [-0.15, -0.1) is 0 Å². The lowest BCUT2D eigenvalue weighted by atomic mass is 9.97. The monoisotopic (exact) mass is 321 g/mol. The summed E-state index contributed by atoms with van der Waals surface area (Å²) < 4.78 is 11.4. The lowest BCUT2D eigenvalue weighted by molar-refractivity contribution is -0.929. The van der Waals surface area contributed by atoms with Gasteiger partial charge in [0.25, 0.3) is 5.91 Å². The van der Waals surface area contributed by atoms with Crippen LogP contribution >= 0.6 is 0 Å². The molecule has 0 radical (unpaired) electrons. The molecule has 0 fully saturated rings. The normalized spacial score (nSPS) is 18.0. The van der Waals surface area contributed by atoms with E-state index >= 15 is 0 Å². The molecule has 23 heavy (non-hydrogen) atoms. The molecular weight excluding hydrogens is 292 g/mol. The van der Waals surface area contributed by atoms with E-state index in [1.54, 1.807) is 0 Å². The molecule has 1 aromatic carbocycles. The van der Waals surface area contributed by atoms with Crippen LogP contribution in [-0.2, 0) is 17.8 Å². The van der Waals surface area contributed by atoms with Gasteiger partial charge in [-0.2, -0.15) is 0 Å². The Balaban J connectivity index is 2.19. The maximum Gasteiger partial charge on any atom is 0.278 e. The van der Waals surface area contributed by atoms with E-state index in [1.165, 1.54) is 16.0 Å². The first-order chi connectivity index (χ1) is 11.1. The lowest BCUT2D eigenvalue weighted by Crippen LogP contribution is -3.16. The predicted octanol–water partition coefficient (Wildman–Crippen LogP) is 0.950. The van der Waals surface area contributed by atoms with Crippen LogP contribution in [0.5, 0.6) is 11.5 Å². The van der Waals surface area contributed by atoms with Crippen molar-refractivity contribution in [3.05, 3.63) is 23.3 Å². The summed E-state index contributed by atoms with van der Waals surface area (Å²) in [6.07, 6.45) is 0.959. The van der Waals surface area contributed by atoms with E-state index in [1.807, 2.05) is 27.7 Å². The first-order valence-corrected chi connectivity index (χ1v) is 8.64. The Hall–Kier alpha value is -1.75. The average Bonchev–Trinajstić information content (AvgIpc) is 2.55. The minimum Gasteiger partial charge on any atom is -0.490 e. The lowest BCUT2D eigenvalue weighted by Gasteiger charge is -2.30. The molecular formula is C18H29N2O3+. The molecule has 2 atom stereocenters. The molecule has 5 nitrogen and oxygen atoms in total. The van der Waals surface area contributed by atoms with Gasteiger partial charge in [-0.1, -0.05) is 0 Å². The SMILES string of the molecule is CCNC(=O)[C@@H](C)[NH+]1CCc2cc(OCC)c(OCC)cc2C1. The van der Waals surface area contributed by atoms with Crippen LogP contribution in [0.3, 0.4) is 0 Å². The number of carbonyl (C=O) groups is 1. The van der Waals surface area contributed by atoms with Gasteiger partial charge in [0.2, 0.25) is 0 Å². The quantitative estimate of drug-likeness (QED) is 0.786. The van der Waals surface area contributed by atoms with Gasteiger partial charge in [-0.3, -0.25) is 4.79 Å². The Kier molecular flexibility index (Phi) is 6.28. The van der Waals surface area contributed by atoms with Gasteiger partial charge in [-0.25, -0.2) is 0 Å². The number of carbonyl (C=O) groups excluding carboxylic acids is 1. The van der Waals surface area contributed by atoms with Crippen LogP contribution in [0.15, 0.2) is 12.1 Å². The fourth-order valence-electron chi connectivity index (χ4n) is 3.09. The van der Waals surface area contributed by atoms with E-state index in [4.69, 9.17) is 9.47 Å². The smallest absolute Gasteiger partial charge is 0.278 e. The molecule has 1 aromatic rings. The first kappa shape index (κ1) is 17.6. The van der Waals surface area contributed by atoms with Crippen molar-refractivity contribution < 1.29 is 19.2 Å². The van der Waals surface area contributed by atoms with Crippen LogP contribution in [0.25, 0.3) is 0 Å². The van der Waals surface area contributed by atoms with Gasteiger partial charge in [0, 0.05) is 18.5 Å². The fraction of sp³-hybridized carbons (Fsp3) is 0.611. The van der Waals surface area contributed by atoms with Crippen LogP contribution in [0.4, 0.5) is 0 Å². The largest absolute Gasteiger partial charge is 0.490 e. The van der Waals surface area contributed by atoms with Crippen molar-refractivity contribution in [2.45, 2.75) is 46.7 Å². The Morgan fingerprint density at radius 3 is 2.35 bits per heavy atom. The van der Waals surface area contributed by atoms with Gasteiger partial charge in [-0.05, 0) is 45.4 Å². The highest BCUT2D eigenvalue weighted by Gasteiger charge is 2.29. The van der Waals surface area contributed by atoms with Crippen LogP contribution in [0, 0.1) is 0 Å². The third-order valence-electron chi connectivity index (χ3n) is 4.36. The second-order valence-corrected chi connectivity index (χ2v) is 5.88. The summed E-state index contributed by atoms with van der Waals surface area (Å²) in [5.41, 5.74) is 2.57. The number of nitrogens with one attached hydrogen (secondary N) is 2. The van der Waals surface area contributed by atoms with Gasteiger partial charge in [0.15, 0.2) is 17.5 Å². The number of amides is 1. The molecule has 2 rings (SSSR count). The zero-order chi connectivity index (χ0) is 16.8. The summed E-state index contributed by atoms with van der Waals surface area (Å²) in [7, 11) is 0. The van der Waals surface area contributed by atoms with Crippen LogP contribution in [-0.4, -0.2) is 38.3 Å². The van der Waals surface area contributed by atoms with Crippen molar-refractivity contribution in [2.24, 2.45) is 0 Å². The molecule has 1 aliphatic rings. The van der Waals surface area contributed by atoms with Gasteiger partial charge in [0.1, 0.15) is 6.54 Å².